The number of pyridine rings is 1. The fourth-order valence-corrected chi connectivity index (χ4v) is 1.27. The van der Waals surface area contributed by atoms with Gasteiger partial charge in [-0.2, -0.15) is 5.26 Å². The summed E-state index contributed by atoms with van der Waals surface area (Å²) in [7, 11) is 0. The second kappa shape index (κ2) is 3.35. The molecular formula is C11H9N3. The summed E-state index contributed by atoms with van der Waals surface area (Å²) in [5, 5.41) is 8.82. The van der Waals surface area contributed by atoms with Gasteiger partial charge in [0.2, 0.25) is 0 Å². The molecule has 0 aliphatic carbocycles. The molecular weight excluding hydrogens is 174 g/mol. The van der Waals surface area contributed by atoms with Crippen LogP contribution in [0.5, 0.6) is 0 Å². The lowest BCUT2D eigenvalue weighted by atomic mass is 10.3. The van der Waals surface area contributed by atoms with Gasteiger partial charge in [0.15, 0.2) is 0 Å². The van der Waals surface area contributed by atoms with Crippen molar-refractivity contribution in [2.24, 2.45) is 0 Å². The molecule has 68 valence electrons. The van der Waals surface area contributed by atoms with E-state index in [1.54, 1.807) is 16.8 Å². The Kier molecular flexibility index (Phi) is 2.04. The smallest absolute Gasteiger partial charge is 0.137 e. The number of nitrogens with zero attached hydrogens (tertiary/aromatic N) is 3. The summed E-state index contributed by atoms with van der Waals surface area (Å²) >= 11 is 0. The van der Waals surface area contributed by atoms with Gasteiger partial charge in [0.05, 0.1) is 0 Å². The SMILES string of the molecule is Cc1ccc(-n2cccc2C#N)nc1. The molecule has 0 amide bonds. The highest BCUT2D eigenvalue weighted by Gasteiger charge is 2.01. The van der Waals surface area contributed by atoms with E-state index in [9.17, 15) is 0 Å². The van der Waals surface area contributed by atoms with E-state index in [1.165, 1.54) is 0 Å². The van der Waals surface area contributed by atoms with E-state index in [1.807, 2.05) is 31.3 Å². The van der Waals surface area contributed by atoms with E-state index >= 15 is 0 Å². The van der Waals surface area contributed by atoms with Gasteiger partial charge in [-0.25, -0.2) is 4.98 Å². The molecule has 2 rings (SSSR count). The van der Waals surface area contributed by atoms with E-state index in [4.69, 9.17) is 5.26 Å². The number of rotatable bonds is 1. The Bertz CT molecular complexity index is 474. The first-order chi connectivity index (χ1) is 6.81. The lowest BCUT2D eigenvalue weighted by Crippen LogP contribution is -1.97. The van der Waals surface area contributed by atoms with Crippen LogP contribution in [0.2, 0.25) is 0 Å². The predicted molar refractivity (Wildman–Crippen MR) is 53.0 cm³/mol. The standard InChI is InChI=1S/C11H9N3/c1-9-4-5-11(13-8-9)14-6-2-3-10(14)7-12/h2-6,8H,1H3. The zero-order valence-electron chi connectivity index (χ0n) is 7.81. The summed E-state index contributed by atoms with van der Waals surface area (Å²) in [6.45, 7) is 1.98. The molecule has 0 saturated heterocycles. The summed E-state index contributed by atoms with van der Waals surface area (Å²) in [6.07, 6.45) is 3.62. The van der Waals surface area contributed by atoms with Crippen LogP contribution < -0.4 is 0 Å². The topological polar surface area (TPSA) is 41.6 Å². The van der Waals surface area contributed by atoms with Crippen molar-refractivity contribution in [3.05, 3.63) is 47.9 Å². The predicted octanol–water partition coefficient (Wildman–Crippen LogP) is 2.05. The molecule has 0 atom stereocenters. The van der Waals surface area contributed by atoms with Crippen molar-refractivity contribution in [3.8, 4) is 11.9 Å². The van der Waals surface area contributed by atoms with Crippen LogP contribution in [0.3, 0.4) is 0 Å². The first-order valence-electron chi connectivity index (χ1n) is 4.32. The minimum Gasteiger partial charge on any atom is -0.293 e. The van der Waals surface area contributed by atoms with Crippen LogP contribution in [0, 0.1) is 18.3 Å². The van der Waals surface area contributed by atoms with Gasteiger partial charge in [-0.15, -0.1) is 0 Å². The second-order valence-electron chi connectivity index (χ2n) is 3.07. The molecule has 2 aromatic rings. The molecule has 0 bridgehead atoms. The average Bonchev–Trinajstić information content (AvgIpc) is 2.67. The minimum atomic E-state index is 0.598. The van der Waals surface area contributed by atoms with Gasteiger partial charge in [-0.1, -0.05) is 6.07 Å². The highest BCUT2D eigenvalue weighted by atomic mass is 15.0. The number of hydrogen-bond donors (Lipinski definition) is 0. The van der Waals surface area contributed by atoms with Crippen LogP contribution in [0.25, 0.3) is 5.82 Å². The summed E-state index contributed by atoms with van der Waals surface area (Å²) < 4.78 is 1.76. The van der Waals surface area contributed by atoms with Crippen LogP contribution >= 0.6 is 0 Å². The van der Waals surface area contributed by atoms with Gasteiger partial charge >= 0.3 is 0 Å². The average molecular weight is 183 g/mol. The maximum atomic E-state index is 8.82. The van der Waals surface area contributed by atoms with Gasteiger partial charge in [0, 0.05) is 12.4 Å². The van der Waals surface area contributed by atoms with Crippen molar-refractivity contribution >= 4 is 0 Å². The van der Waals surface area contributed by atoms with Gasteiger partial charge < -0.3 is 0 Å². The molecule has 0 N–H and O–H groups in total. The lowest BCUT2D eigenvalue weighted by molar-refractivity contribution is 0.984. The number of nitriles is 1. The monoisotopic (exact) mass is 183 g/mol. The van der Waals surface area contributed by atoms with E-state index in [2.05, 4.69) is 11.1 Å². The van der Waals surface area contributed by atoms with Gasteiger partial charge in [-0.3, -0.25) is 4.57 Å². The van der Waals surface area contributed by atoms with Crippen molar-refractivity contribution < 1.29 is 0 Å². The molecule has 0 radical (unpaired) electrons. The summed E-state index contributed by atoms with van der Waals surface area (Å²) in [4.78, 5) is 4.24. The summed E-state index contributed by atoms with van der Waals surface area (Å²) in [6, 6.07) is 9.59. The molecule has 3 nitrogen and oxygen atoms in total. The molecule has 3 heteroatoms. The van der Waals surface area contributed by atoms with E-state index in [0.717, 1.165) is 11.4 Å². The zero-order valence-corrected chi connectivity index (χ0v) is 7.81. The normalized spacial score (nSPS) is 9.71. The number of aryl methyl sites for hydroxylation is 1. The molecule has 0 spiro atoms. The van der Waals surface area contributed by atoms with Gasteiger partial charge in [-0.05, 0) is 30.7 Å². The third-order valence-electron chi connectivity index (χ3n) is 2.01. The molecule has 0 aliphatic heterocycles. The Balaban J connectivity index is 2.50. The molecule has 0 aromatic carbocycles. The van der Waals surface area contributed by atoms with E-state index < -0.39 is 0 Å². The van der Waals surface area contributed by atoms with Crippen molar-refractivity contribution in [1.29, 1.82) is 5.26 Å². The highest BCUT2D eigenvalue weighted by molar-refractivity contribution is 5.34. The van der Waals surface area contributed by atoms with Crippen LogP contribution in [-0.4, -0.2) is 9.55 Å². The molecule has 0 fully saturated rings. The zero-order chi connectivity index (χ0) is 9.97. The third-order valence-corrected chi connectivity index (χ3v) is 2.01. The quantitative estimate of drug-likeness (QED) is 0.679. The summed E-state index contributed by atoms with van der Waals surface area (Å²) in [5.41, 5.74) is 1.71. The molecule has 2 heterocycles. The van der Waals surface area contributed by atoms with Crippen molar-refractivity contribution in [2.45, 2.75) is 6.92 Å². The van der Waals surface area contributed by atoms with Crippen LogP contribution in [-0.2, 0) is 0 Å². The molecule has 0 unspecified atom stereocenters. The molecule has 0 aliphatic rings. The van der Waals surface area contributed by atoms with Crippen LogP contribution in [0.4, 0.5) is 0 Å². The maximum Gasteiger partial charge on any atom is 0.137 e. The first kappa shape index (κ1) is 8.52. The van der Waals surface area contributed by atoms with E-state index in [-0.39, 0.29) is 0 Å². The van der Waals surface area contributed by atoms with E-state index in [0.29, 0.717) is 5.69 Å². The van der Waals surface area contributed by atoms with Crippen LogP contribution in [0.15, 0.2) is 36.7 Å². The highest BCUT2D eigenvalue weighted by Crippen LogP contribution is 2.09. The Morgan fingerprint density at radius 3 is 2.86 bits per heavy atom. The largest absolute Gasteiger partial charge is 0.293 e. The van der Waals surface area contributed by atoms with Gasteiger partial charge in [0.25, 0.3) is 0 Å². The lowest BCUT2D eigenvalue weighted by Gasteiger charge is -2.02. The first-order valence-corrected chi connectivity index (χ1v) is 4.32. The van der Waals surface area contributed by atoms with Gasteiger partial charge in [0.1, 0.15) is 17.6 Å². The molecule has 0 saturated carbocycles. The second-order valence-corrected chi connectivity index (χ2v) is 3.07. The van der Waals surface area contributed by atoms with Crippen molar-refractivity contribution in [1.82, 2.24) is 9.55 Å². The molecule has 14 heavy (non-hydrogen) atoms. The Labute approximate surface area is 82.2 Å². The fourth-order valence-electron chi connectivity index (χ4n) is 1.27. The van der Waals surface area contributed by atoms with Crippen molar-refractivity contribution in [2.75, 3.05) is 0 Å². The maximum absolute atomic E-state index is 8.82. The van der Waals surface area contributed by atoms with Crippen molar-refractivity contribution in [3.63, 3.8) is 0 Å². The Morgan fingerprint density at radius 1 is 1.36 bits per heavy atom. The number of hydrogen-bond acceptors (Lipinski definition) is 2. The number of aromatic nitrogens is 2. The Morgan fingerprint density at radius 2 is 2.21 bits per heavy atom. The Hall–Kier alpha value is -2.08. The molecule has 2 aromatic heterocycles. The minimum absolute atomic E-state index is 0.598. The van der Waals surface area contributed by atoms with Crippen LogP contribution in [0.1, 0.15) is 11.3 Å². The third kappa shape index (κ3) is 1.38. The fraction of sp³-hybridized carbons (Fsp3) is 0.0909. The summed E-state index contributed by atoms with van der Waals surface area (Å²) in [5.74, 6) is 0.775.